The fourth-order valence-corrected chi connectivity index (χ4v) is 5.19. The standard InChI is InChI=1S/C20H28O3/c1-14-5-4-6-18-19(14,3)11-17(22)15(2)20(18,13-21)9-7-16-8-10-23-12-16/h5,8,10,12-13,15,17-18,22H,4,6-7,9,11H2,1-3H3/t15-,17-,18+,19+,20-/m1/s1. The number of fused-ring (bicyclic) bond motifs is 1. The number of aliphatic hydroxyl groups is 1. The van der Waals surface area contributed by atoms with Crippen LogP contribution in [0.25, 0.3) is 0 Å². The summed E-state index contributed by atoms with van der Waals surface area (Å²) in [4.78, 5) is 12.3. The van der Waals surface area contributed by atoms with E-state index in [0.29, 0.717) is 5.92 Å². The Balaban J connectivity index is 1.97. The minimum absolute atomic E-state index is 0.00382. The monoisotopic (exact) mass is 316 g/mol. The molecule has 0 aromatic carbocycles. The minimum atomic E-state index is -0.459. The molecule has 126 valence electrons. The highest BCUT2D eigenvalue weighted by molar-refractivity contribution is 5.62. The van der Waals surface area contributed by atoms with Crippen LogP contribution in [0.4, 0.5) is 0 Å². The molecule has 23 heavy (non-hydrogen) atoms. The zero-order valence-corrected chi connectivity index (χ0v) is 14.4. The van der Waals surface area contributed by atoms with Crippen molar-refractivity contribution in [3.8, 4) is 0 Å². The number of hydrogen-bond acceptors (Lipinski definition) is 3. The number of carbonyl (C=O) groups is 1. The summed E-state index contributed by atoms with van der Waals surface area (Å²) in [5, 5.41) is 10.7. The van der Waals surface area contributed by atoms with Crippen molar-refractivity contribution in [3.05, 3.63) is 35.8 Å². The molecule has 1 saturated carbocycles. The van der Waals surface area contributed by atoms with E-state index in [1.54, 1.807) is 12.5 Å². The second-order valence-electron chi connectivity index (χ2n) is 7.86. The lowest BCUT2D eigenvalue weighted by atomic mass is 9.46. The highest BCUT2D eigenvalue weighted by Crippen LogP contribution is 2.61. The molecule has 0 aliphatic heterocycles. The van der Waals surface area contributed by atoms with Crippen LogP contribution in [-0.4, -0.2) is 17.5 Å². The van der Waals surface area contributed by atoms with Crippen LogP contribution in [0.5, 0.6) is 0 Å². The molecule has 1 aromatic heterocycles. The van der Waals surface area contributed by atoms with Gasteiger partial charge in [-0.3, -0.25) is 0 Å². The maximum absolute atomic E-state index is 12.3. The highest BCUT2D eigenvalue weighted by atomic mass is 16.3. The third kappa shape index (κ3) is 2.50. The first kappa shape index (κ1) is 16.5. The first-order chi connectivity index (χ1) is 10.9. The van der Waals surface area contributed by atoms with E-state index < -0.39 is 11.5 Å². The van der Waals surface area contributed by atoms with Crippen LogP contribution in [0.3, 0.4) is 0 Å². The summed E-state index contributed by atoms with van der Waals surface area (Å²) in [5.41, 5.74) is 1.94. The molecule has 3 nitrogen and oxygen atoms in total. The summed E-state index contributed by atoms with van der Waals surface area (Å²) < 4.78 is 5.17. The molecule has 5 atom stereocenters. The van der Waals surface area contributed by atoms with Gasteiger partial charge in [0, 0.05) is 5.41 Å². The van der Waals surface area contributed by atoms with Crippen molar-refractivity contribution < 1.29 is 14.3 Å². The molecule has 3 rings (SSSR count). The fraction of sp³-hybridized carbons (Fsp3) is 0.650. The van der Waals surface area contributed by atoms with Crippen molar-refractivity contribution in [1.29, 1.82) is 0 Å². The predicted octanol–water partition coefficient (Wildman–Crippen LogP) is 4.16. The predicted molar refractivity (Wildman–Crippen MR) is 89.9 cm³/mol. The van der Waals surface area contributed by atoms with Gasteiger partial charge in [-0.1, -0.05) is 25.5 Å². The topological polar surface area (TPSA) is 50.4 Å². The zero-order chi connectivity index (χ0) is 16.7. The molecule has 0 unspecified atom stereocenters. The average Bonchev–Trinajstić information content (AvgIpc) is 3.04. The summed E-state index contributed by atoms with van der Waals surface area (Å²) in [6, 6.07) is 1.97. The van der Waals surface area contributed by atoms with Gasteiger partial charge in [-0.2, -0.15) is 0 Å². The Kier molecular flexibility index (Phi) is 4.26. The van der Waals surface area contributed by atoms with Crippen molar-refractivity contribution in [3.63, 3.8) is 0 Å². The van der Waals surface area contributed by atoms with Crippen LogP contribution >= 0.6 is 0 Å². The maximum atomic E-state index is 12.3. The van der Waals surface area contributed by atoms with Gasteiger partial charge < -0.3 is 14.3 Å². The number of aliphatic hydroxyl groups excluding tert-OH is 1. The highest BCUT2D eigenvalue weighted by Gasteiger charge is 2.58. The summed E-state index contributed by atoms with van der Waals surface area (Å²) in [6.07, 6.45) is 10.9. The molecule has 2 aliphatic carbocycles. The molecule has 1 heterocycles. The van der Waals surface area contributed by atoms with Crippen molar-refractivity contribution in [1.82, 2.24) is 0 Å². The SMILES string of the molecule is CC1=CCC[C@@H]2[C@@](C=O)(CCc3ccoc3)[C@H](C)[C@H](O)C[C@@]12C. The first-order valence-electron chi connectivity index (χ1n) is 8.77. The van der Waals surface area contributed by atoms with Gasteiger partial charge >= 0.3 is 0 Å². The molecule has 1 fully saturated rings. The third-order valence-corrected chi connectivity index (χ3v) is 6.93. The van der Waals surface area contributed by atoms with E-state index in [0.717, 1.165) is 37.7 Å². The molecule has 0 bridgehead atoms. The Morgan fingerprint density at radius 2 is 2.26 bits per heavy atom. The van der Waals surface area contributed by atoms with E-state index in [1.165, 1.54) is 11.9 Å². The van der Waals surface area contributed by atoms with E-state index >= 15 is 0 Å². The Labute approximate surface area is 138 Å². The van der Waals surface area contributed by atoms with Crippen LogP contribution in [0.1, 0.15) is 52.0 Å². The van der Waals surface area contributed by atoms with Crippen LogP contribution in [0.2, 0.25) is 0 Å². The fourth-order valence-electron chi connectivity index (χ4n) is 5.19. The van der Waals surface area contributed by atoms with Gasteiger partial charge in [-0.05, 0) is 67.9 Å². The molecule has 2 aliphatic rings. The second kappa shape index (κ2) is 5.94. The van der Waals surface area contributed by atoms with Gasteiger partial charge in [-0.25, -0.2) is 0 Å². The Morgan fingerprint density at radius 3 is 2.91 bits per heavy atom. The second-order valence-corrected chi connectivity index (χ2v) is 7.86. The molecular weight excluding hydrogens is 288 g/mol. The number of aldehydes is 1. The maximum Gasteiger partial charge on any atom is 0.126 e. The molecule has 0 saturated heterocycles. The van der Waals surface area contributed by atoms with Crippen molar-refractivity contribution in [2.24, 2.45) is 22.7 Å². The molecule has 0 amide bonds. The number of hydrogen-bond donors (Lipinski definition) is 1. The molecule has 0 spiro atoms. The number of furan rings is 1. The Hall–Kier alpha value is -1.35. The summed E-state index contributed by atoms with van der Waals surface area (Å²) in [7, 11) is 0. The number of rotatable bonds is 4. The lowest BCUT2D eigenvalue weighted by Gasteiger charge is -2.58. The van der Waals surface area contributed by atoms with Crippen LogP contribution < -0.4 is 0 Å². The normalized spacial score (nSPS) is 40.3. The van der Waals surface area contributed by atoms with E-state index in [1.807, 2.05) is 6.07 Å². The molecular formula is C20H28O3. The Bertz CT molecular complexity index is 588. The molecule has 3 heteroatoms. The Morgan fingerprint density at radius 1 is 1.48 bits per heavy atom. The number of aryl methyl sites for hydroxylation is 1. The van der Waals surface area contributed by atoms with Crippen molar-refractivity contribution in [2.75, 3.05) is 0 Å². The molecule has 1 aromatic rings. The van der Waals surface area contributed by atoms with Crippen molar-refractivity contribution >= 4 is 6.29 Å². The van der Waals surface area contributed by atoms with E-state index in [-0.39, 0.29) is 11.3 Å². The lowest BCUT2D eigenvalue weighted by Crippen LogP contribution is -2.57. The summed E-state index contributed by atoms with van der Waals surface area (Å²) in [6.45, 7) is 6.47. The quantitative estimate of drug-likeness (QED) is 0.670. The van der Waals surface area contributed by atoms with Crippen molar-refractivity contribution in [2.45, 2.75) is 59.0 Å². The minimum Gasteiger partial charge on any atom is -0.472 e. The van der Waals surface area contributed by atoms with E-state index in [2.05, 4.69) is 26.8 Å². The van der Waals surface area contributed by atoms with E-state index in [4.69, 9.17) is 4.42 Å². The van der Waals surface area contributed by atoms with Gasteiger partial charge in [-0.15, -0.1) is 0 Å². The number of carbonyl (C=O) groups excluding carboxylic acids is 1. The zero-order valence-electron chi connectivity index (χ0n) is 14.4. The number of allylic oxidation sites excluding steroid dienone is 2. The van der Waals surface area contributed by atoms with Gasteiger partial charge in [0.25, 0.3) is 0 Å². The lowest BCUT2D eigenvalue weighted by molar-refractivity contribution is -0.149. The smallest absolute Gasteiger partial charge is 0.126 e. The van der Waals surface area contributed by atoms with Gasteiger partial charge in [0.1, 0.15) is 6.29 Å². The van der Waals surface area contributed by atoms with Gasteiger partial charge in [0.2, 0.25) is 0 Å². The van der Waals surface area contributed by atoms with Gasteiger partial charge in [0.15, 0.2) is 0 Å². The largest absolute Gasteiger partial charge is 0.472 e. The first-order valence-corrected chi connectivity index (χ1v) is 8.77. The molecule has 1 N–H and O–H groups in total. The van der Waals surface area contributed by atoms with Crippen LogP contribution in [0, 0.1) is 22.7 Å². The van der Waals surface area contributed by atoms with Crippen LogP contribution in [0.15, 0.2) is 34.7 Å². The van der Waals surface area contributed by atoms with Gasteiger partial charge in [0.05, 0.1) is 18.6 Å². The van der Waals surface area contributed by atoms with Crippen LogP contribution in [-0.2, 0) is 11.2 Å². The summed E-state index contributed by atoms with van der Waals surface area (Å²) in [5.74, 6) is 0.304. The average molecular weight is 316 g/mol. The van der Waals surface area contributed by atoms with E-state index in [9.17, 15) is 9.90 Å². The molecule has 0 radical (unpaired) electrons. The summed E-state index contributed by atoms with van der Waals surface area (Å²) >= 11 is 0. The third-order valence-electron chi connectivity index (χ3n) is 6.93.